The van der Waals surface area contributed by atoms with Gasteiger partial charge in [-0.25, -0.2) is 0 Å². The molecule has 1 aliphatic heterocycles. The molecule has 1 heterocycles. The summed E-state index contributed by atoms with van der Waals surface area (Å²) in [7, 11) is 1.70. The zero-order chi connectivity index (χ0) is 12.1. The predicted molar refractivity (Wildman–Crippen MR) is 71.2 cm³/mol. The first-order chi connectivity index (χ1) is 7.60. The lowest BCUT2D eigenvalue weighted by molar-refractivity contribution is -0.125. The molecular weight excluding hydrogens is 244 g/mol. The van der Waals surface area contributed by atoms with E-state index >= 15 is 0 Å². The van der Waals surface area contributed by atoms with E-state index in [0.717, 1.165) is 0 Å². The monoisotopic (exact) mass is 258 g/mol. The largest absolute Gasteiger partial charge is 0.364 e. The molecule has 0 aromatic rings. The smallest absolute Gasteiger partial charge is 0.242 e. The molecule has 1 fully saturated rings. The van der Waals surface area contributed by atoms with Crippen LogP contribution in [-0.4, -0.2) is 39.9 Å². The van der Waals surface area contributed by atoms with E-state index in [-0.39, 0.29) is 11.2 Å². The van der Waals surface area contributed by atoms with Crippen LogP contribution < -0.4 is 10.7 Å². The Morgan fingerprint density at radius 2 is 2.50 bits per heavy atom. The summed E-state index contributed by atoms with van der Waals surface area (Å²) >= 11 is 6.29. The van der Waals surface area contributed by atoms with Gasteiger partial charge >= 0.3 is 0 Å². The summed E-state index contributed by atoms with van der Waals surface area (Å²) in [5.41, 5.74) is 2.66. The van der Waals surface area contributed by atoms with Crippen LogP contribution in [0.4, 0.5) is 0 Å². The van der Waals surface area contributed by atoms with Gasteiger partial charge in [-0.05, 0) is 19.1 Å². The van der Waals surface area contributed by atoms with Crippen molar-refractivity contribution in [2.24, 2.45) is 5.10 Å². The van der Waals surface area contributed by atoms with Crippen LogP contribution in [0.25, 0.3) is 0 Å². The third-order valence-corrected chi connectivity index (χ3v) is 3.29. The number of thiocarbonyl (C=S) groups is 1. The van der Waals surface area contributed by atoms with Crippen LogP contribution in [0.1, 0.15) is 6.92 Å². The van der Waals surface area contributed by atoms with Crippen molar-refractivity contribution in [1.82, 2.24) is 15.6 Å². The summed E-state index contributed by atoms with van der Waals surface area (Å²) in [6, 6.07) is 0. The van der Waals surface area contributed by atoms with Gasteiger partial charge < -0.3 is 5.32 Å². The van der Waals surface area contributed by atoms with Gasteiger partial charge in [0.15, 0.2) is 10.3 Å². The molecular formula is C9H14N4OS2. The van der Waals surface area contributed by atoms with Gasteiger partial charge in [-0.15, -0.1) is 11.7 Å². The Morgan fingerprint density at radius 1 is 1.81 bits per heavy atom. The van der Waals surface area contributed by atoms with E-state index in [1.54, 1.807) is 18.0 Å². The summed E-state index contributed by atoms with van der Waals surface area (Å²) in [6.45, 7) is 5.92. The lowest BCUT2D eigenvalue weighted by Gasteiger charge is -2.13. The first-order valence-electron chi connectivity index (χ1n) is 4.74. The first kappa shape index (κ1) is 13.0. The normalized spacial score (nSPS) is 22.4. The van der Waals surface area contributed by atoms with E-state index in [9.17, 15) is 4.79 Å². The average Bonchev–Trinajstić information content (AvgIpc) is 2.54. The quantitative estimate of drug-likeness (QED) is 0.439. The number of amidine groups is 1. The minimum absolute atomic E-state index is 0.0424. The Balaban J connectivity index is 2.74. The highest BCUT2D eigenvalue weighted by atomic mass is 32.2. The molecule has 5 nitrogen and oxygen atoms in total. The van der Waals surface area contributed by atoms with Crippen LogP contribution in [0.2, 0.25) is 0 Å². The Kier molecular flexibility index (Phi) is 4.75. The average molecular weight is 258 g/mol. The number of nitrogens with zero attached hydrogens (tertiary/aromatic N) is 2. The van der Waals surface area contributed by atoms with Gasteiger partial charge in [0.2, 0.25) is 5.91 Å². The fraction of sp³-hybridized carbons (Fsp3) is 0.444. The Morgan fingerprint density at radius 3 is 3.06 bits per heavy atom. The first-order valence-corrected chi connectivity index (χ1v) is 6.03. The SMILES string of the molecule is C=CCN1C(=O)C(C)SC1=NNC(=S)NC. The van der Waals surface area contributed by atoms with Gasteiger partial charge in [0.25, 0.3) is 0 Å². The van der Waals surface area contributed by atoms with Crippen LogP contribution in [-0.2, 0) is 4.79 Å². The van der Waals surface area contributed by atoms with Crippen molar-refractivity contribution in [3.05, 3.63) is 12.7 Å². The highest BCUT2D eigenvalue weighted by Crippen LogP contribution is 2.26. The number of thioether (sulfide) groups is 1. The molecule has 1 atom stereocenters. The number of hydrogen-bond acceptors (Lipinski definition) is 4. The number of rotatable bonds is 3. The third-order valence-electron chi connectivity index (χ3n) is 1.92. The van der Waals surface area contributed by atoms with Crippen molar-refractivity contribution >= 4 is 40.2 Å². The van der Waals surface area contributed by atoms with Crippen molar-refractivity contribution < 1.29 is 4.79 Å². The summed E-state index contributed by atoms with van der Waals surface area (Å²) in [6.07, 6.45) is 1.67. The molecule has 7 heteroatoms. The molecule has 2 N–H and O–H groups in total. The van der Waals surface area contributed by atoms with E-state index in [4.69, 9.17) is 12.2 Å². The summed E-state index contributed by atoms with van der Waals surface area (Å²) in [4.78, 5) is 13.3. The van der Waals surface area contributed by atoms with Gasteiger partial charge in [-0.1, -0.05) is 17.8 Å². The second-order valence-corrected chi connectivity index (χ2v) is 4.80. The zero-order valence-corrected chi connectivity index (χ0v) is 10.8. The molecule has 0 radical (unpaired) electrons. The molecule has 0 spiro atoms. The van der Waals surface area contributed by atoms with Crippen molar-refractivity contribution in [3.8, 4) is 0 Å². The van der Waals surface area contributed by atoms with Crippen LogP contribution in [0, 0.1) is 0 Å². The standard InChI is InChI=1S/C9H14N4OS2/c1-4-5-13-7(14)6(2)16-9(13)12-11-8(15)10-3/h4,6H,1,5H2,2-3H3,(H2,10,11,15). The van der Waals surface area contributed by atoms with Crippen LogP contribution >= 0.6 is 24.0 Å². The van der Waals surface area contributed by atoms with Gasteiger partial charge in [-0.2, -0.15) is 0 Å². The van der Waals surface area contributed by atoms with Gasteiger partial charge in [-0.3, -0.25) is 15.1 Å². The van der Waals surface area contributed by atoms with Crippen LogP contribution in [0.3, 0.4) is 0 Å². The van der Waals surface area contributed by atoms with Gasteiger partial charge in [0.1, 0.15) is 0 Å². The number of hydrazone groups is 1. The third kappa shape index (κ3) is 2.96. The molecule has 1 amide bonds. The molecule has 88 valence electrons. The molecule has 0 saturated carbocycles. The van der Waals surface area contributed by atoms with Gasteiger partial charge in [0, 0.05) is 13.6 Å². The Hall–Kier alpha value is -1.08. The number of carbonyl (C=O) groups is 1. The van der Waals surface area contributed by atoms with E-state index in [2.05, 4.69) is 22.4 Å². The highest BCUT2D eigenvalue weighted by molar-refractivity contribution is 8.15. The Labute approximate surface area is 104 Å². The molecule has 0 aromatic carbocycles. The lowest BCUT2D eigenvalue weighted by Crippen LogP contribution is -2.34. The Bertz CT molecular complexity index is 342. The minimum Gasteiger partial charge on any atom is -0.364 e. The second kappa shape index (κ2) is 5.86. The van der Waals surface area contributed by atoms with Crippen LogP contribution in [0.5, 0.6) is 0 Å². The molecule has 0 aromatic heterocycles. The fourth-order valence-corrected chi connectivity index (χ4v) is 2.10. The van der Waals surface area contributed by atoms with Gasteiger partial charge in [0.05, 0.1) is 5.25 Å². The molecule has 1 saturated heterocycles. The summed E-state index contributed by atoms with van der Waals surface area (Å²) in [5.74, 6) is 0.0424. The maximum atomic E-state index is 11.7. The maximum absolute atomic E-state index is 11.7. The van der Waals surface area contributed by atoms with E-state index in [1.807, 2.05) is 6.92 Å². The number of hydrogen-bond donors (Lipinski definition) is 2. The molecule has 1 rings (SSSR count). The van der Waals surface area contributed by atoms with Crippen molar-refractivity contribution in [1.29, 1.82) is 0 Å². The molecule has 0 bridgehead atoms. The molecule has 16 heavy (non-hydrogen) atoms. The molecule has 1 aliphatic rings. The van der Waals surface area contributed by atoms with E-state index in [1.165, 1.54) is 11.8 Å². The minimum atomic E-state index is -0.108. The summed E-state index contributed by atoms with van der Waals surface area (Å²) < 4.78 is 0. The van der Waals surface area contributed by atoms with Crippen molar-refractivity contribution in [2.75, 3.05) is 13.6 Å². The summed E-state index contributed by atoms with van der Waals surface area (Å²) in [5, 5.41) is 7.74. The maximum Gasteiger partial charge on any atom is 0.242 e. The lowest BCUT2D eigenvalue weighted by atomic mass is 10.4. The van der Waals surface area contributed by atoms with Crippen molar-refractivity contribution in [3.63, 3.8) is 0 Å². The zero-order valence-electron chi connectivity index (χ0n) is 9.19. The fourth-order valence-electron chi connectivity index (χ4n) is 1.12. The predicted octanol–water partition coefficient (Wildman–Crippen LogP) is 0.501. The number of amides is 1. The number of carbonyl (C=O) groups excluding carboxylic acids is 1. The number of nitrogens with one attached hydrogen (secondary N) is 2. The van der Waals surface area contributed by atoms with Crippen molar-refractivity contribution in [2.45, 2.75) is 12.2 Å². The van der Waals surface area contributed by atoms with E-state index < -0.39 is 0 Å². The highest BCUT2D eigenvalue weighted by Gasteiger charge is 2.34. The van der Waals surface area contributed by atoms with Crippen LogP contribution in [0.15, 0.2) is 17.8 Å². The van der Waals surface area contributed by atoms with E-state index in [0.29, 0.717) is 16.8 Å². The molecule has 0 aliphatic carbocycles. The topological polar surface area (TPSA) is 56.7 Å². The second-order valence-electron chi connectivity index (χ2n) is 3.08. The molecule has 1 unspecified atom stereocenters.